The zero-order valence-electron chi connectivity index (χ0n) is 31.9. The lowest BCUT2D eigenvalue weighted by molar-refractivity contribution is 1.53. The van der Waals surface area contributed by atoms with Crippen molar-refractivity contribution in [2.45, 2.75) is 0 Å². The van der Waals surface area contributed by atoms with Gasteiger partial charge >= 0.3 is 0 Å². The lowest BCUT2D eigenvalue weighted by Gasteiger charge is -2.29. The molecule has 0 amide bonds. The van der Waals surface area contributed by atoms with E-state index in [0.29, 0.717) is 0 Å². The minimum absolute atomic E-state index is 1.18. The first kappa shape index (κ1) is 33.8. The number of fused-ring (bicyclic) bond motifs is 4. The highest BCUT2D eigenvalue weighted by Gasteiger charge is 2.29. The summed E-state index contributed by atoms with van der Waals surface area (Å²) >= 11 is 0. The Morgan fingerprint density at radius 1 is 0.138 bits per heavy atom. The summed E-state index contributed by atoms with van der Waals surface area (Å²) in [5.41, 5.74) is 14.4. The standard InChI is InChI=1S/C58H38/c1-3-19-43(20-4-1)53-55(49-31-27-39-15-7-11-23-45(39)35-49)57(51-33-29-41-17-9-13-25-47(41)37-51)54(44-21-5-2-6-22-44)58(52-34-30-42-18-10-14-26-48(42)38-52)56(53)50-32-28-40-16-8-12-24-46(40)36-50/h1-38H. The minimum atomic E-state index is 1.18. The first-order valence-corrected chi connectivity index (χ1v) is 20.1. The molecular weight excluding hydrogens is 697 g/mol. The van der Waals surface area contributed by atoms with Gasteiger partial charge in [-0.3, -0.25) is 0 Å². The summed E-state index contributed by atoms with van der Waals surface area (Å²) in [6.45, 7) is 0. The van der Waals surface area contributed by atoms with E-state index in [4.69, 9.17) is 0 Å². The second-order valence-corrected chi connectivity index (χ2v) is 15.2. The molecule has 0 heterocycles. The van der Waals surface area contributed by atoms with Crippen molar-refractivity contribution in [3.8, 4) is 66.8 Å². The van der Waals surface area contributed by atoms with Gasteiger partial charge in [-0.25, -0.2) is 0 Å². The Bertz CT molecular complexity index is 2910. The van der Waals surface area contributed by atoms with E-state index in [1.54, 1.807) is 0 Å². The van der Waals surface area contributed by atoms with Crippen molar-refractivity contribution in [2.24, 2.45) is 0 Å². The van der Waals surface area contributed by atoms with Crippen LogP contribution in [0.4, 0.5) is 0 Å². The van der Waals surface area contributed by atoms with Gasteiger partial charge in [0, 0.05) is 0 Å². The summed E-state index contributed by atoms with van der Waals surface area (Å²) in [7, 11) is 0. The van der Waals surface area contributed by atoms with Crippen LogP contribution in [0.2, 0.25) is 0 Å². The number of rotatable bonds is 6. The molecule has 0 nitrogen and oxygen atoms in total. The van der Waals surface area contributed by atoms with Crippen LogP contribution in [-0.4, -0.2) is 0 Å². The molecule has 0 aliphatic carbocycles. The predicted molar refractivity (Wildman–Crippen MR) is 249 cm³/mol. The van der Waals surface area contributed by atoms with Gasteiger partial charge in [-0.2, -0.15) is 0 Å². The molecule has 0 atom stereocenters. The van der Waals surface area contributed by atoms with Crippen LogP contribution in [-0.2, 0) is 0 Å². The number of benzene rings is 11. The van der Waals surface area contributed by atoms with Crippen molar-refractivity contribution in [3.05, 3.63) is 231 Å². The highest BCUT2D eigenvalue weighted by atomic mass is 14.3. The number of hydrogen-bond donors (Lipinski definition) is 0. The van der Waals surface area contributed by atoms with Crippen LogP contribution in [0.15, 0.2) is 231 Å². The second kappa shape index (κ2) is 14.2. The molecule has 0 unspecified atom stereocenters. The van der Waals surface area contributed by atoms with Crippen molar-refractivity contribution >= 4 is 43.1 Å². The molecule has 270 valence electrons. The van der Waals surface area contributed by atoms with E-state index in [-0.39, 0.29) is 0 Å². The van der Waals surface area contributed by atoms with Crippen molar-refractivity contribution in [1.29, 1.82) is 0 Å². The van der Waals surface area contributed by atoms with Gasteiger partial charge in [0.25, 0.3) is 0 Å². The van der Waals surface area contributed by atoms with Gasteiger partial charge in [0.2, 0.25) is 0 Å². The van der Waals surface area contributed by atoms with Crippen LogP contribution in [0.3, 0.4) is 0 Å². The average Bonchev–Trinajstić information content (AvgIpc) is 3.30. The van der Waals surface area contributed by atoms with Gasteiger partial charge in [-0.15, -0.1) is 0 Å². The maximum absolute atomic E-state index is 2.40. The molecule has 0 radical (unpaired) electrons. The molecule has 11 rings (SSSR count). The molecule has 58 heavy (non-hydrogen) atoms. The summed E-state index contributed by atoms with van der Waals surface area (Å²) in [5.74, 6) is 0. The largest absolute Gasteiger partial charge is 0.0622 e. The van der Waals surface area contributed by atoms with Crippen LogP contribution in [0.25, 0.3) is 110 Å². The van der Waals surface area contributed by atoms with E-state index in [9.17, 15) is 0 Å². The highest BCUT2D eigenvalue weighted by Crippen LogP contribution is 2.56. The lowest BCUT2D eigenvalue weighted by atomic mass is 9.73. The Morgan fingerprint density at radius 2 is 0.345 bits per heavy atom. The minimum Gasteiger partial charge on any atom is -0.0622 e. The van der Waals surface area contributed by atoms with E-state index < -0.39 is 0 Å². The Labute approximate surface area is 339 Å². The van der Waals surface area contributed by atoms with Gasteiger partial charge in [0.15, 0.2) is 0 Å². The smallest absolute Gasteiger partial charge is 0.00136 e. The normalized spacial score (nSPS) is 11.4. The summed E-state index contributed by atoms with van der Waals surface area (Å²) in [5, 5.41) is 9.78. The van der Waals surface area contributed by atoms with Crippen molar-refractivity contribution in [2.75, 3.05) is 0 Å². The molecule has 0 N–H and O–H groups in total. The summed E-state index contributed by atoms with van der Waals surface area (Å²) in [4.78, 5) is 0. The molecule has 0 bridgehead atoms. The Kier molecular flexibility index (Phi) is 8.26. The third-order valence-electron chi connectivity index (χ3n) is 11.8. The van der Waals surface area contributed by atoms with E-state index in [2.05, 4.69) is 231 Å². The van der Waals surface area contributed by atoms with Crippen LogP contribution in [0.1, 0.15) is 0 Å². The van der Waals surface area contributed by atoms with Gasteiger partial charge in [-0.05, 0) is 134 Å². The van der Waals surface area contributed by atoms with E-state index >= 15 is 0 Å². The molecule has 0 fully saturated rings. The molecule has 11 aromatic rings. The predicted octanol–water partition coefficient (Wildman–Crippen LogP) is 16.3. The van der Waals surface area contributed by atoms with Crippen molar-refractivity contribution < 1.29 is 0 Å². The van der Waals surface area contributed by atoms with Crippen molar-refractivity contribution in [1.82, 2.24) is 0 Å². The van der Waals surface area contributed by atoms with Gasteiger partial charge in [-0.1, -0.05) is 206 Å². The molecular formula is C58H38. The molecule has 0 heteroatoms. The zero-order chi connectivity index (χ0) is 38.4. The highest BCUT2D eigenvalue weighted by molar-refractivity contribution is 6.17. The quantitative estimate of drug-likeness (QED) is 0.160. The number of hydrogen-bond acceptors (Lipinski definition) is 0. The molecule has 0 aliphatic rings. The fraction of sp³-hybridized carbons (Fsp3) is 0. The maximum atomic E-state index is 2.40. The Hall–Kier alpha value is -7.54. The van der Waals surface area contributed by atoms with Crippen LogP contribution >= 0.6 is 0 Å². The van der Waals surface area contributed by atoms with Gasteiger partial charge in [0.05, 0.1) is 0 Å². The summed E-state index contributed by atoms with van der Waals surface area (Å²) in [6.07, 6.45) is 0. The third kappa shape index (κ3) is 5.86. The van der Waals surface area contributed by atoms with Gasteiger partial charge in [0.1, 0.15) is 0 Å². The fourth-order valence-corrected chi connectivity index (χ4v) is 9.07. The van der Waals surface area contributed by atoms with Crippen LogP contribution in [0, 0.1) is 0 Å². The first-order chi connectivity index (χ1) is 28.8. The molecule has 0 spiro atoms. The topological polar surface area (TPSA) is 0 Å². The molecule has 0 aromatic heterocycles. The van der Waals surface area contributed by atoms with Crippen LogP contribution < -0.4 is 0 Å². The Morgan fingerprint density at radius 3 is 0.603 bits per heavy atom. The SMILES string of the molecule is c1ccc(-c2c(-c3ccc4ccccc4c3)c(-c3ccc4ccccc4c3)c(-c3ccccc3)c(-c3ccc4ccccc4c3)c2-c2ccc3ccccc3c2)cc1. The average molecular weight is 735 g/mol. The second-order valence-electron chi connectivity index (χ2n) is 15.2. The summed E-state index contributed by atoms with van der Waals surface area (Å²) < 4.78 is 0. The molecule has 0 aliphatic heterocycles. The van der Waals surface area contributed by atoms with E-state index in [0.717, 1.165) is 0 Å². The molecule has 11 aromatic carbocycles. The lowest BCUT2D eigenvalue weighted by Crippen LogP contribution is -2.02. The van der Waals surface area contributed by atoms with Crippen molar-refractivity contribution in [3.63, 3.8) is 0 Å². The molecule has 0 saturated carbocycles. The van der Waals surface area contributed by atoms with E-state index in [1.807, 2.05) is 0 Å². The van der Waals surface area contributed by atoms with Crippen LogP contribution in [0.5, 0.6) is 0 Å². The van der Waals surface area contributed by atoms with Gasteiger partial charge < -0.3 is 0 Å². The third-order valence-corrected chi connectivity index (χ3v) is 11.8. The first-order valence-electron chi connectivity index (χ1n) is 20.1. The Balaban J connectivity index is 1.42. The van der Waals surface area contributed by atoms with E-state index in [1.165, 1.54) is 110 Å². The zero-order valence-corrected chi connectivity index (χ0v) is 31.9. The fourth-order valence-electron chi connectivity index (χ4n) is 9.07. The maximum Gasteiger partial charge on any atom is -0.00136 e. The molecule has 0 saturated heterocycles. The monoisotopic (exact) mass is 734 g/mol. The summed E-state index contributed by atoms with van der Waals surface area (Å²) in [6, 6.07) is 85.1.